The number of rotatable bonds is 6. The standard InChI is InChI=1S/C13H23N5O3S.ClH/c1-10-16-12(9-17(10)2)22(20,21)15-7-5-13(19)18(3)11-4-6-14-8-11;/h9,11,14-15H,4-8H2,1-3H3;1H. The van der Waals surface area contributed by atoms with Gasteiger partial charge in [0.25, 0.3) is 10.0 Å². The smallest absolute Gasteiger partial charge is 0.259 e. The normalized spacial score (nSPS) is 17.8. The lowest BCUT2D eigenvalue weighted by atomic mass is 10.2. The molecule has 1 aliphatic rings. The van der Waals surface area contributed by atoms with Crippen LogP contribution in [0.1, 0.15) is 18.7 Å². The zero-order valence-electron chi connectivity index (χ0n) is 13.6. The van der Waals surface area contributed by atoms with Gasteiger partial charge in [-0.25, -0.2) is 18.1 Å². The summed E-state index contributed by atoms with van der Waals surface area (Å²) in [5.74, 6) is 0.554. The molecular formula is C13H24ClN5O3S. The lowest BCUT2D eigenvalue weighted by Gasteiger charge is -2.23. The molecule has 1 aromatic heterocycles. The van der Waals surface area contributed by atoms with E-state index in [4.69, 9.17) is 0 Å². The predicted octanol–water partition coefficient (Wildman–Crippen LogP) is -0.361. The number of nitrogens with zero attached hydrogens (tertiary/aromatic N) is 3. The second-order valence-corrected chi connectivity index (χ2v) is 7.25. The Labute approximate surface area is 143 Å². The average Bonchev–Trinajstić information content (AvgIpc) is 3.09. The number of imidazole rings is 1. The van der Waals surface area contributed by atoms with E-state index in [0.717, 1.165) is 19.5 Å². The largest absolute Gasteiger partial charge is 0.341 e. The first kappa shape index (κ1) is 19.9. The number of likely N-dealkylation sites (N-methyl/N-ethyl adjacent to an activating group) is 1. The van der Waals surface area contributed by atoms with Gasteiger partial charge in [0.05, 0.1) is 0 Å². The molecule has 2 heterocycles. The summed E-state index contributed by atoms with van der Waals surface area (Å²) in [5.41, 5.74) is 0. The van der Waals surface area contributed by atoms with Crippen molar-refractivity contribution in [1.82, 2.24) is 24.5 Å². The molecule has 23 heavy (non-hydrogen) atoms. The molecule has 8 nitrogen and oxygen atoms in total. The molecule has 132 valence electrons. The summed E-state index contributed by atoms with van der Waals surface area (Å²) < 4.78 is 28.2. The minimum atomic E-state index is -3.67. The summed E-state index contributed by atoms with van der Waals surface area (Å²) >= 11 is 0. The Hall–Kier alpha value is -1.16. The molecule has 1 aromatic rings. The van der Waals surface area contributed by atoms with Crippen LogP contribution in [-0.4, -0.2) is 61.5 Å². The van der Waals surface area contributed by atoms with Crippen molar-refractivity contribution >= 4 is 28.3 Å². The Balaban J connectivity index is 0.00000264. The molecule has 1 saturated heterocycles. The molecule has 1 fully saturated rings. The molecule has 0 spiro atoms. The van der Waals surface area contributed by atoms with Crippen molar-refractivity contribution in [3.05, 3.63) is 12.0 Å². The van der Waals surface area contributed by atoms with E-state index < -0.39 is 10.0 Å². The third-order valence-corrected chi connectivity index (χ3v) is 5.30. The number of aryl methyl sites for hydroxylation is 2. The molecular weight excluding hydrogens is 342 g/mol. The van der Waals surface area contributed by atoms with Crippen LogP contribution in [0.3, 0.4) is 0 Å². The first-order valence-corrected chi connectivity index (χ1v) is 8.75. The van der Waals surface area contributed by atoms with Crippen molar-refractivity contribution < 1.29 is 13.2 Å². The number of carbonyl (C=O) groups is 1. The molecule has 2 rings (SSSR count). The van der Waals surface area contributed by atoms with Crippen LogP contribution in [0.5, 0.6) is 0 Å². The highest BCUT2D eigenvalue weighted by Gasteiger charge is 2.24. The lowest BCUT2D eigenvalue weighted by Crippen LogP contribution is -2.40. The Bertz CT molecular complexity index is 621. The Morgan fingerprint density at radius 2 is 2.26 bits per heavy atom. The summed E-state index contributed by atoms with van der Waals surface area (Å²) in [7, 11) is -0.175. The van der Waals surface area contributed by atoms with Crippen LogP contribution < -0.4 is 10.0 Å². The van der Waals surface area contributed by atoms with Gasteiger partial charge < -0.3 is 14.8 Å². The number of hydrogen-bond acceptors (Lipinski definition) is 5. The Kier molecular flexibility index (Phi) is 7.00. The summed E-state index contributed by atoms with van der Waals surface area (Å²) in [6.45, 7) is 3.50. The number of hydrogen-bond donors (Lipinski definition) is 2. The van der Waals surface area contributed by atoms with Gasteiger partial charge in [-0.3, -0.25) is 4.79 Å². The zero-order valence-corrected chi connectivity index (χ0v) is 15.2. The molecule has 2 N–H and O–H groups in total. The number of sulfonamides is 1. The highest BCUT2D eigenvalue weighted by atomic mass is 35.5. The van der Waals surface area contributed by atoms with Gasteiger partial charge in [0, 0.05) is 45.8 Å². The molecule has 1 atom stereocenters. The zero-order chi connectivity index (χ0) is 16.3. The second-order valence-electron chi connectivity index (χ2n) is 5.54. The van der Waals surface area contributed by atoms with E-state index in [-0.39, 0.29) is 42.3 Å². The highest BCUT2D eigenvalue weighted by molar-refractivity contribution is 7.89. The van der Waals surface area contributed by atoms with Gasteiger partial charge in [-0.1, -0.05) is 0 Å². The van der Waals surface area contributed by atoms with E-state index in [1.165, 1.54) is 6.20 Å². The van der Waals surface area contributed by atoms with Crippen LogP contribution in [0.2, 0.25) is 0 Å². The second kappa shape index (κ2) is 8.09. The van der Waals surface area contributed by atoms with Crippen molar-refractivity contribution in [1.29, 1.82) is 0 Å². The number of nitrogens with one attached hydrogen (secondary N) is 2. The summed E-state index contributed by atoms with van der Waals surface area (Å²) in [4.78, 5) is 17.7. The molecule has 0 radical (unpaired) electrons. The first-order valence-electron chi connectivity index (χ1n) is 7.27. The quantitative estimate of drug-likeness (QED) is 0.717. The van der Waals surface area contributed by atoms with Gasteiger partial charge in [-0.05, 0) is 19.9 Å². The fourth-order valence-corrected chi connectivity index (χ4v) is 3.44. The third-order valence-electron chi connectivity index (χ3n) is 3.97. The van der Waals surface area contributed by atoms with Crippen LogP contribution in [0.25, 0.3) is 0 Å². The van der Waals surface area contributed by atoms with E-state index in [1.807, 2.05) is 0 Å². The summed E-state index contributed by atoms with van der Waals surface area (Å²) in [6.07, 6.45) is 2.52. The fourth-order valence-electron chi connectivity index (χ4n) is 2.37. The maximum Gasteiger partial charge on any atom is 0.259 e. The van der Waals surface area contributed by atoms with Crippen LogP contribution in [0, 0.1) is 6.92 Å². The van der Waals surface area contributed by atoms with Crippen LogP contribution >= 0.6 is 12.4 Å². The van der Waals surface area contributed by atoms with E-state index in [1.54, 1.807) is 30.5 Å². The first-order chi connectivity index (χ1) is 10.3. The molecule has 1 aliphatic heterocycles. The monoisotopic (exact) mass is 365 g/mol. The van der Waals surface area contributed by atoms with Gasteiger partial charge in [-0.15, -0.1) is 12.4 Å². The maximum atomic E-state index is 12.1. The van der Waals surface area contributed by atoms with Gasteiger partial charge in [0.15, 0.2) is 5.03 Å². The van der Waals surface area contributed by atoms with Crippen molar-refractivity contribution in [2.45, 2.75) is 30.8 Å². The molecule has 1 amide bonds. The molecule has 0 saturated carbocycles. The van der Waals surface area contributed by atoms with Crippen molar-refractivity contribution in [2.24, 2.45) is 7.05 Å². The third kappa shape index (κ3) is 4.90. The Morgan fingerprint density at radius 3 is 2.78 bits per heavy atom. The molecule has 1 unspecified atom stereocenters. The predicted molar refractivity (Wildman–Crippen MR) is 89.0 cm³/mol. The van der Waals surface area contributed by atoms with Gasteiger partial charge in [-0.2, -0.15) is 0 Å². The number of halogens is 1. The van der Waals surface area contributed by atoms with Crippen molar-refractivity contribution in [3.63, 3.8) is 0 Å². The van der Waals surface area contributed by atoms with Crippen LogP contribution in [0.4, 0.5) is 0 Å². The van der Waals surface area contributed by atoms with Crippen molar-refractivity contribution in [2.75, 3.05) is 26.7 Å². The summed E-state index contributed by atoms with van der Waals surface area (Å²) in [5, 5.41) is 3.18. The van der Waals surface area contributed by atoms with Gasteiger partial charge in [0.1, 0.15) is 5.82 Å². The average molecular weight is 366 g/mol. The Morgan fingerprint density at radius 1 is 1.57 bits per heavy atom. The number of aromatic nitrogens is 2. The van der Waals surface area contributed by atoms with E-state index in [0.29, 0.717) is 5.82 Å². The minimum Gasteiger partial charge on any atom is -0.341 e. The highest BCUT2D eigenvalue weighted by Crippen LogP contribution is 2.09. The van der Waals surface area contributed by atoms with Gasteiger partial charge >= 0.3 is 0 Å². The molecule has 0 aliphatic carbocycles. The molecule has 0 bridgehead atoms. The maximum absolute atomic E-state index is 12.1. The van der Waals surface area contributed by atoms with E-state index in [2.05, 4.69) is 15.0 Å². The fraction of sp³-hybridized carbons (Fsp3) is 0.692. The minimum absolute atomic E-state index is 0. The van der Waals surface area contributed by atoms with E-state index in [9.17, 15) is 13.2 Å². The van der Waals surface area contributed by atoms with Crippen molar-refractivity contribution in [3.8, 4) is 0 Å². The van der Waals surface area contributed by atoms with Crippen LogP contribution in [0.15, 0.2) is 11.2 Å². The lowest BCUT2D eigenvalue weighted by molar-refractivity contribution is -0.131. The SMILES string of the molecule is Cc1nc(S(=O)(=O)NCCC(=O)N(C)C2CCNC2)cn1C.Cl. The molecule has 0 aromatic carbocycles. The van der Waals surface area contributed by atoms with Gasteiger partial charge in [0.2, 0.25) is 5.91 Å². The number of carbonyl (C=O) groups excluding carboxylic acids is 1. The van der Waals surface area contributed by atoms with Crippen LogP contribution in [-0.2, 0) is 21.9 Å². The topological polar surface area (TPSA) is 96.3 Å². The summed E-state index contributed by atoms with van der Waals surface area (Å²) in [6, 6.07) is 0.197. The number of amides is 1. The molecule has 10 heteroatoms. The van der Waals surface area contributed by atoms with E-state index >= 15 is 0 Å².